The second-order valence-electron chi connectivity index (χ2n) is 8.31. The normalized spacial score (nSPS) is 15.8. The number of anilines is 1. The van der Waals surface area contributed by atoms with Gasteiger partial charge in [0, 0.05) is 5.92 Å². The van der Waals surface area contributed by atoms with Crippen molar-refractivity contribution < 1.29 is 18.4 Å². The maximum atomic E-state index is 14.7. The molecule has 2 aliphatic rings. The molecule has 1 saturated carbocycles. The Morgan fingerprint density at radius 2 is 2.10 bits per heavy atom. The van der Waals surface area contributed by atoms with E-state index in [0.29, 0.717) is 34.7 Å². The number of amides is 1. The van der Waals surface area contributed by atoms with Crippen molar-refractivity contribution in [2.75, 3.05) is 4.90 Å². The molecular weight excluding hydrogens is 377 g/mol. The third-order valence-electron chi connectivity index (χ3n) is 4.86. The fourth-order valence-electron chi connectivity index (χ4n) is 3.41. The number of carbonyl (C=O) groups is 1. The molecule has 3 aromatic rings. The van der Waals surface area contributed by atoms with E-state index in [0.717, 1.165) is 12.8 Å². The van der Waals surface area contributed by atoms with Crippen molar-refractivity contribution in [1.82, 2.24) is 19.7 Å². The molecule has 29 heavy (non-hydrogen) atoms. The Kier molecular flexibility index (Phi) is 3.77. The van der Waals surface area contributed by atoms with Gasteiger partial charge in [-0.05, 0) is 45.7 Å². The van der Waals surface area contributed by atoms with E-state index in [2.05, 4.69) is 15.1 Å². The van der Waals surface area contributed by atoms with Crippen molar-refractivity contribution in [2.24, 2.45) is 0 Å². The number of hydrogen-bond acceptors (Lipinski definition) is 6. The molecule has 1 aliphatic heterocycles. The third kappa shape index (κ3) is 3.06. The highest BCUT2D eigenvalue weighted by Crippen LogP contribution is 2.41. The molecule has 5 rings (SSSR count). The maximum Gasteiger partial charge on any atom is 0.415 e. The molecule has 8 nitrogen and oxygen atoms in total. The Hall–Kier alpha value is -3.23. The molecule has 0 radical (unpaired) electrons. The first-order chi connectivity index (χ1) is 13.8. The number of para-hydroxylation sites is 1. The highest BCUT2D eigenvalue weighted by atomic mass is 19.1. The van der Waals surface area contributed by atoms with Gasteiger partial charge in [0.15, 0.2) is 0 Å². The molecule has 3 heterocycles. The second kappa shape index (κ2) is 6.13. The number of nitrogens with zero attached hydrogens (tertiary/aromatic N) is 5. The summed E-state index contributed by atoms with van der Waals surface area (Å²) in [7, 11) is 0. The van der Waals surface area contributed by atoms with Crippen LogP contribution in [-0.2, 0) is 11.3 Å². The molecule has 150 valence electrons. The van der Waals surface area contributed by atoms with Gasteiger partial charge in [-0.15, -0.1) is 0 Å². The Morgan fingerprint density at radius 1 is 1.31 bits per heavy atom. The van der Waals surface area contributed by atoms with E-state index < -0.39 is 17.5 Å². The number of benzene rings is 1. The number of ether oxygens (including phenoxy) is 1. The smallest absolute Gasteiger partial charge is 0.415 e. The maximum absolute atomic E-state index is 14.7. The van der Waals surface area contributed by atoms with E-state index in [-0.39, 0.29) is 12.2 Å². The molecule has 0 unspecified atom stereocenters. The topological polar surface area (TPSA) is 86.3 Å². The number of halogens is 1. The fourth-order valence-corrected chi connectivity index (χ4v) is 3.41. The lowest BCUT2D eigenvalue weighted by Crippen LogP contribution is -2.40. The van der Waals surface area contributed by atoms with Gasteiger partial charge in [-0.1, -0.05) is 11.2 Å². The number of fused-ring (bicyclic) bond motifs is 3. The van der Waals surface area contributed by atoms with Crippen molar-refractivity contribution in [2.45, 2.75) is 51.7 Å². The van der Waals surface area contributed by atoms with E-state index in [1.54, 1.807) is 43.8 Å². The number of rotatable bonds is 2. The van der Waals surface area contributed by atoms with E-state index in [4.69, 9.17) is 9.26 Å². The van der Waals surface area contributed by atoms with Gasteiger partial charge in [0.05, 0.1) is 17.9 Å². The monoisotopic (exact) mass is 397 g/mol. The van der Waals surface area contributed by atoms with Gasteiger partial charge in [-0.25, -0.2) is 14.2 Å². The SMILES string of the molecule is CC(C)(C)OC(=O)N1Cc2c(-c3noc(C4CC4)n3)ncn2-c2cccc(F)c21. The molecule has 0 saturated heterocycles. The van der Waals surface area contributed by atoms with Gasteiger partial charge in [0.2, 0.25) is 11.7 Å². The summed E-state index contributed by atoms with van der Waals surface area (Å²) in [6.45, 7) is 5.38. The predicted octanol–water partition coefficient (Wildman–Crippen LogP) is 4.19. The second-order valence-corrected chi connectivity index (χ2v) is 8.31. The van der Waals surface area contributed by atoms with E-state index >= 15 is 0 Å². The predicted molar refractivity (Wildman–Crippen MR) is 101 cm³/mol. The Bertz CT molecular complexity index is 1110. The van der Waals surface area contributed by atoms with Crippen LogP contribution in [-0.4, -0.2) is 31.4 Å². The van der Waals surface area contributed by atoms with Crippen LogP contribution in [0.15, 0.2) is 29.0 Å². The largest absolute Gasteiger partial charge is 0.443 e. The zero-order valence-corrected chi connectivity index (χ0v) is 16.3. The average molecular weight is 397 g/mol. The first kappa shape index (κ1) is 17.8. The summed E-state index contributed by atoms with van der Waals surface area (Å²) >= 11 is 0. The number of carbonyl (C=O) groups excluding carboxylic acids is 1. The van der Waals surface area contributed by atoms with Crippen molar-refractivity contribution in [3.63, 3.8) is 0 Å². The fraction of sp³-hybridized carbons (Fsp3) is 0.400. The van der Waals surface area contributed by atoms with Crippen LogP contribution in [0.4, 0.5) is 14.9 Å². The Morgan fingerprint density at radius 3 is 2.83 bits per heavy atom. The van der Waals surface area contributed by atoms with Crippen LogP contribution in [0.25, 0.3) is 17.2 Å². The van der Waals surface area contributed by atoms with Gasteiger partial charge in [0.25, 0.3) is 0 Å². The molecule has 0 atom stereocenters. The number of hydrogen-bond donors (Lipinski definition) is 0. The van der Waals surface area contributed by atoms with Crippen molar-refractivity contribution in [1.29, 1.82) is 0 Å². The zero-order valence-electron chi connectivity index (χ0n) is 16.3. The van der Waals surface area contributed by atoms with Crippen LogP contribution in [0, 0.1) is 5.82 Å². The molecule has 0 spiro atoms. The number of aromatic nitrogens is 4. The van der Waals surface area contributed by atoms with Gasteiger partial charge in [-0.3, -0.25) is 9.47 Å². The third-order valence-corrected chi connectivity index (χ3v) is 4.86. The molecule has 0 bridgehead atoms. The van der Waals surface area contributed by atoms with Crippen LogP contribution in [0.2, 0.25) is 0 Å². The molecule has 1 aromatic carbocycles. The van der Waals surface area contributed by atoms with Gasteiger partial charge in [0.1, 0.15) is 29.1 Å². The van der Waals surface area contributed by atoms with E-state index in [9.17, 15) is 9.18 Å². The number of imidazole rings is 1. The lowest BCUT2D eigenvalue weighted by atomic mass is 10.1. The summed E-state index contributed by atoms with van der Waals surface area (Å²) in [5, 5.41) is 4.06. The van der Waals surface area contributed by atoms with Crippen molar-refractivity contribution in [3.05, 3.63) is 41.9 Å². The minimum atomic E-state index is -0.712. The highest BCUT2D eigenvalue weighted by Gasteiger charge is 2.36. The van der Waals surface area contributed by atoms with Crippen LogP contribution in [0.5, 0.6) is 0 Å². The molecule has 9 heteroatoms. The highest BCUT2D eigenvalue weighted by molar-refractivity contribution is 5.92. The zero-order chi connectivity index (χ0) is 20.3. The first-order valence-corrected chi connectivity index (χ1v) is 9.51. The van der Waals surface area contributed by atoms with Gasteiger partial charge < -0.3 is 9.26 Å². The minimum Gasteiger partial charge on any atom is -0.443 e. The molecule has 1 aliphatic carbocycles. The summed E-state index contributed by atoms with van der Waals surface area (Å²) in [5.74, 6) is 0.783. The quantitative estimate of drug-likeness (QED) is 0.644. The van der Waals surface area contributed by atoms with E-state index in [1.807, 2.05) is 0 Å². The molecule has 1 fully saturated rings. The van der Waals surface area contributed by atoms with Crippen LogP contribution in [0.3, 0.4) is 0 Å². The van der Waals surface area contributed by atoms with Gasteiger partial charge in [-0.2, -0.15) is 4.98 Å². The van der Waals surface area contributed by atoms with Crippen LogP contribution < -0.4 is 4.90 Å². The Balaban J connectivity index is 1.60. The van der Waals surface area contributed by atoms with Crippen LogP contribution >= 0.6 is 0 Å². The summed E-state index contributed by atoms with van der Waals surface area (Å²) in [4.78, 5) is 23.1. The average Bonchev–Trinajstić information content (AvgIpc) is 3.23. The molecular formula is C20H20FN5O3. The molecule has 0 N–H and O–H groups in total. The lowest BCUT2D eigenvalue weighted by Gasteiger charge is -2.32. The van der Waals surface area contributed by atoms with Crippen LogP contribution in [0.1, 0.15) is 51.1 Å². The summed E-state index contributed by atoms with van der Waals surface area (Å²) in [6, 6.07) is 4.64. The standard InChI is InChI=1S/C20H20FN5O3/c1-20(2,3)28-19(27)25-9-14-15(17-23-18(29-24-17)11-7-8-11)22-10-26(14)13-6-4-5-12(21)16(13)25/h4-6,10-11H,7-9H2,1-3H3. The van der Waals surface area contributed by atoms with E-state index in [1.165, 1.54) is 11.0 Å². The summed E-state index contributed by atoms with van der Waals surface area (Å²) in [6.07, 6.45) is 3.04. The Labute approximate surface area is 166 Å². The molecule has 1 amide bonds. The van der Waals surface area contributed by atoms with Crippen molar-refractivity contribution in [3.8, 4) is 17.2 Å². The summed E-state index contributed by atoms with van der Waals surface area (Å²) in [5.41, 5.74) is 1.11. The van der Waals surface area contributed by atoms with Gasteiger partial charge >= 0.3 is 6.09 Å². The molecule has 2 aromatic heterocycles. The lowest BCUT2D eigenvalue weighted by molar-refractivity contribution is 0.0574. The minimum absolute atomic E-state index is 0.0749. The van der Waals surface area contributed by atoms with Crippen molar-refractivity contribution >= 4 is 11.8 Å². The summed E-state index contributed by atoms with van der Waals surface area (Å²) < 4.78 is 27.3. The first-order valence-electron chi connectivity index (χ1n) is 9.51.